The van der Waals surface area contributed by atoms with Crippen molar-refractivity contribution in [2.45, 2.75) is 187 Å². The molecule has 0 fully saturated rings. The summed E-state index contributed by atoms with van der Waals surface area (Å²) >= 11 is 3.29. The minimum atomic E-state index is 0.121. The van der Waals surface area contributed by atoms with Gasteiger partial charge in [-0.3, -0.25) is 14.8 Å². The number of hydrogen-bond donors (Lipinski definition) is 0. The van der Waals surface area contributed by atoms with Crippen LogP contribution in [0.3, 0.4) is 0 Å². The van der Waals surface area contributed by atoms with E-state index in [0.29, 0.717) is 17.6 Å². The Balaban J connectivity index is 0.000000518. The zero-order valence-electron chi connectivity index (χ0n) is 90.7. The lowest BCUT2D eigenvalue weighted by Crippen LogP contribution is -1.96. The van der Waals surface area contributed by atoms with Gasteiger partial charge >= 0.3 is 6.01 Å². The number of benzene rings is 8. The molecule has 0 N–H and O–H groups in total. The normalized spacial score (nSPS) is 9.31. The summed E-state index contributed by atoms with van der Waals surface area (Å²) in [6.07, 6.45) is 16.0. The van der Waals surface area contributed by atoms with Gasteiger partial charge in [0.2, 0.25) is 5.88 Å². The highest BCUT2D eigenvalue weighted by Gasteiger charge is 2.03. The maximum Gasteiger partial charge on any atom is 0.319 e. The van der Waals surface area contributed by atoms with Gasteiger partial charge in [0, 0.05) is 70.3 Å². The highest BCUT2D eigenvalue weighted by molar-refractivity contribution is 7.11. The summed E-state index contributed by atoms with van der Waals surface area (Å²) < 4.78 is 41.5. The molecule has 0 aliphatic rings. The first-order valence-electron chi connectivity index (χ1n) is 46.6. The Morgan fingerprint density at radius 3 is 1.15 bits per heavy atom. The third-order valence-corrected chi connectivity index (χ3v) is 20.6. The number of furan rings is 2. The van der Waals surface area contributed by atoms with E-state index < -0.39 is 0 Å². The van der Waals surface area contributed by atoms with Crippen LogP contribution in [0.25, 0.3) is 5.69 Å². The summed E-state index contributed by atoms with van der Waals surface area (Å²) in [5, 5.41) is 17.0. The molecule has 18 aromatic rings. The van der Waals surface area contributed by atoms with Gasteiger partial charge in [-0.05, 0) is 304 Å². The minimum Gasteiger partial charge on any atom is -0.497 e. The van der Waals surface area contributed by atoms with Crippen LogP contribution in [-0.2, 0) is 0 Å². The number of Topliss-reactive ketones (excluding diaryl/α,β-unsaturated/α-hetero) is 1. The van der Waals surface area contributed by atoms with Crippen molar-refractivity contribution in [2.24, 2.45) is 0 Å². The number of thiazole rings is 1. The van der Waals surface area contributed by atoms with Gasteiger partial charge in [0.05, 0.1) is 84.5 Å². The van der Waals surface area contributed by atoms with Gasteiger partial charge in [-0.25, -0.2) is 39.6 Å². The van der Waals surface area contributed by atoms with E-state index in [1.165, 1.54) is 79.4 Å². The minimum absolute atomic E-state index is 0.121. The first-order chi connectivity index (χ1) is 68.7. The molecule has 0 amide bonds. The molecule has 0 aliphatic heterocycles. The van der Waals surface area contributed by atoms with Crippen molar-refractivity contribution < 1.29 is 42.1 Å². The van der Waals surface area contributed by atoms with Gasteiger partial charge in [0.15, 0.2) is 11.5 Å². The van der Waals surface area contributed by atoms with Crippen molar-refractivity contribution in [3.05, 3.63) is 460 Å². The molecule has 18 rings (SSSR count). The van der Waals surface area contributed by atoms with Gasteiger partial charge in [-0.1, -0.05) is 198 Å². The first-order valence-corrected chi connectivity index (χ1v) is 48.3. The molecule has 0 saturated heterocycles. The molecule has 0 bridgehead atoms. The maximum atomic E-state index is 10.6. The number of para-hydroxylation sites is 2. The van der Waals surface area contributed by atoms with E-state index in [0.717, 1.165) is 101 Å². The Labute approximate surface area is 865 Å². The first kappa shape index (κ1) is 125. The van der Waals surface area contributed by atoms with E-state index in [-0.39, 0.29) is 5.78 Å². The zero-order chi connectivity index (χ0) is 107. The van der Waals surface area contributed by atoms with Crippen molar-refractivity contribution in [1.82, 2.24) is 69.8 Å². The number of hydrogen-bond acceptors (Lipinski definition) is 24. The predicted octanol–water partition coefficient (Wildman–Crippen LogP) is 29.2. The number of rotatable bonds is 8. The van der Waals surface area contributed by atoms with Crippen molar-refractivity contribution in [3.63, 3.8) is 0 Å². The molecule has 10 heterocycles. The number of aryl methyl sites for hydroxylation is 25. The van der Waals surface area contributed by atoms with Crippen LogP contribution >= 0.6 is 22.7 Å². The molecule has 0 spiro atoms. The number of methoxy groups -OCH3 is 6. The smallest absolute Gasteiger partial charge is 0.319 e. The summed E-state index contributed by atoms with van der Waals surface area (Å²) in [4.78, 5) is 50.5. The zero-order valence-corrected chi connectivity index (χ0v) is 92.3. The Bertz CT molecular complexity index is 6070. The number of aromatic nitrogens is 14. The van der Waals surface area contributed by atoms with Crippen LogP contribution < -0.4 is 28.4 Å². The SMILES string of the molecule is CC(=O)c1ccccc1.COc1cc(C)nc(OC)n1.COc1ccc(C)cc1.COc1cccc(C)c1.COc1ccccc1C.COc1cnc(C)nc1.Cc1cc(C)nc(C)n1.Cc1ccc(C)cc1.Cc1cccc(C)c1.Cc1ccccc1C.Cc1ccccn1.Cc1ccnc(C)n1.Cc1cnn(-c2ccccc2)c1.Cc1coc(C)c1.Cc1coc(C)c1C.Cc1nccs1.Cc1nnc(C)s1. The largest absolute Gasteiger partial charge is 0.497 e. The number of ketones is 1. The van der Waals surface area contributed by atoms with E-state index in [1.807, 2.05) is 317 Å². The van der Waals surface area contributed by atoms with Crippen LogP contribution in [0.4, 0.5) is 0 Å². The summed E-state index contributed by atoms with van der Waals surface area (Å²) in [7, 11) is 9.70. The fourth-order valence-electron chi connectivity index (χ4n) is 11.1. The number of pyridine rings is 1. The highest BCUT2D eigenvalue weighted by Crippen LogP contribution is 2.18. The van der Waals surface area contributed by atoms with Crippen LogP contribution in [0.1, 0.15) is 162 Å². The predicted molar refractivity (Wildman–Crippen MR) is 593 cm³/mol. The van der Waals surface area contributed by atoms with E-state index in [1.54, 1.807) is 115 Å². The number of carbonyl (C=O) groups excluding carboxylic acids is 1. The summed E-state index contributed by atoms with van der Waals surface area (Å²) in [6, 6.07) is 82.2. The van der Waals surface area contributed by atoms with E-state index in [4.69, 9.17) is 37.3 Å². The lowest BCUT2D eigenvalue weighted by atomic mass is 10.1. The van der Waals surface area contributed by atoms with Crippen LogP contribution in [0.5, 0.6) is 34.9 Å². The molecule has 144 heavy (non-hydrogen) atoms. The van der Waals surface area contributed by atoms with Crippen LogP contribution in [0, 0.1) is 180 Å². The quantitative estimate of drug-likeness (QED) is 0.128. The molecule has 0 aliphatic carbocycles. The van der Waals surface area contributed by atoms with Crippen LogP contribution in [-0.4, -0.2) is 118 Å². The molecule has 0 atom stereocenters. The molecule has 10 aromatic heterocycles. The van der Waals surface area contributed by atoms with Gasteiger partial charge in [-0.15, -0.1) is 32.9 Å². The number of nitrogens with zero attached hydrogens (tertiary/aromatic N) is 14. The van der Waals surface area contributed by atoms with Crippen molar-refractivity contribution in [2.75, 3.05) is 42.7 Å². The van der Waals surface area contributed by atoms with Crippen molar-refractivity contribution in [3.8, 4) is 40.6 Å². The molecule has 0 saturated carbocycles. The molecular weight excluding hydrogens is 1830 g/mol. The monoisotopic (exact) mass is 1980 g/mol. The van der Waals surface area contributed by atoms with Crippen molar-refractivity contribution in [1.29, 1.82) is 0 Å². The summed E-state index contributed by atoms with van der Waals surface area (Å²) in [5.74, 6) is 8.60. The maximum absolute atomic E-state index is 10.6. The number of carbonyl (C=O) groups is 1. The van der Waals surface area contributed by atoms with E-state index in [9.17, 15) is 4.79 Å². The van der Waals surface area contributed by atoms with Crippen LogP contribution in [0.15, 0.2) is 319 Å². The van der Waals surface area contributed by atoms with Gasteiger partial charge in [0.25, 0.3) is 0 Å². The Kier molecular flexibility index (Phi) is 63.9. The van der Waals surface area contributed by atoms with Gasteiger partial charge in [-0.2, -0.15) is 10.1 Å². The Hall–Kier alpha value is -15.3. The second-order valence-corrected chi connectivity index (χ2v) is 35.0. The highest BCUT2D eigenvalue weighted by atomic mass is 32.1. The van der Waals surface area contributed by atoms with Gasteiger partial charge in [0.1, 0.15) is 56.3 Å². The van der Waals surface area contributed by atoms with Gasteiger partial charge < -0.3 is 37.3 Å². The van der Waals surface area contributed by atoms with Crippen LogP contribution in [0.2, 0.25) is 0 Å². The molecule has 8 aromatic carbocycles. The average molecular weight is 1980 g/mol. The van der Waals surface area contributed by atoms with Crippen molar-refractivity contribution >= 4 is 28.5 Å². The topological polar surface area (TPSA) is 271 Å². The Morgan fingerprint density at radius 2 is 0.826 bits per heavy atom. The fourth-order valence-corrected chi connectivity index (χ4v) is 12.2. The fraction of sp³-hybridized carbons (Fsp3) is 0.277. The second kappa shape index (κ2) is 73.7. The number of ether oxygens (including phenoxy) is 6. The lowest BCUT2D eigenvalue weighted by molar-refractivity contribution is 0.101. The Morgan fingerprint density at radius 1 is 0.319 bits per heavy atom. The molecule has 25 heteroatoms. The molecule has 762 valence electrons. The standard InChI is InChI=1S/C10H10N2.3C8H10O.C8H8O.3C8H10.C7H10N2O2.C7H10N2.C7H10O.C6H8N2O.C6H8N2.C6H7N.C6H8O.C4H6N2S.C4H5NS/c1-9-7-11-12(8-9)10-5-3-2-4-6-10;1-7-3-5-8(9-2)6-4-7;1-7-4-3-5-8(6-7)9-2;1-7-5-3-4-6-8(7)9-2;1-7(9)8-5-3-2-4-6-8;1-7-3-5-8(2)6-4-7;1-7-4-3-5-8(2)6-7;1-7-5-3-4-6-8(7)2;1-5-4-6(10-2)9-7(8-5)11-3;1-5-4-6(2)9-7(3)8-5;1-5-4-8-7(3)6(5)2;1-5-7-3-6(9-2)4-8-5;1-5-3-4-7-6(2)8-5;1-6-4-2-3-5-7-6;1-5-3-6(2)7-4-5;1-3-5-6-4(2)7-3;1-4-5-2-3-6-4/h2-8H,1H3;3*3-6H,1-2H3;2-6H,1H3;3*3-6H,1-2H3;4H,1-3H3;4H,1-3H3;4H,1-3H3;3-4H,1-2H3;3-4H,1-2H3;2-5H,1H3;3-4H,1-2H3;1-2H3;2-3H,1H3. The third-order valence-electron chi connectivity index (χ3n) is 19.1. The molecule has 23 nitrogen and oxygen atoms in total. The molecule has 0 radical (unpaired) electrons. The molecular formula is C119H150N14O9S2. The summed E-state index contributed by atoms with van der Waals surface area (Å²) in [5.41, 5.74) is 23.5. The lowest BCUT2D eigenvalue weighted by Gasteiger charge is -2.01. The third kappa shape index (κ3) is 60.6. The molecule has 0 unspecified atom stereocenters. The average Bonchev–Trinajstić information content (AvgIpc) is 1.71. The van der Waals surface area contributed by atoms with E-state index in [2.05, 4.69) is 193 Å². The summed E-state index contributed by atoms with van der Waals surface area (Å²) in [6.45, 7) is 53.6. The second-order valence-electron chi connectivity index (χ2n) is 32.5. The van der Waals surface area contributed by atoms with E-state index >= 15 is 0 Å².